The zero-order chi connectivity index (χ0) is 40.4. The number of unbranched alkanes of at least 4 members (excludes halogenated alkanes) is 2. The molecular weight excluding hydrogens is 701 g/mol. The minimum absolute atomic E-state index is 0.964. The lowest BCUT2D eigenvalue weighted by atomic mass is 9.82. The molecule has 0 saturated heterocycles. The van der Waals surface area contributed by atoms with Crippen molar-refractivity contribution in [2.45, 2.75) is 92.9 Å². The highest BCUT2D eigenvalue weighted by molar-refractivity contribution is 5.97. The third kappa shape index (κ3) is 9.29. The summed E-state index contributed by atoms with van der Waals surface area (Å²) < 4.78 is 0. The van der Waals surface area contributed by atoms with Gasteiger partial charge in [-0.15, -0.1) is 0 Å². The van der Waals surface area contributed by atoms with Crippen LogP contribution in [0.5, 0.6) is 0 Å². The fraction of sp³-hybridized carbons (Fsp3) is 0.250. The van der Waals surface area contributed by atoms with Crippen molar-refractivity contribution in [1.82, 2.24) is 0 Å². The van der Waals surface area contributed by atoms with Crippen molar-refractivity contribution in [2.24, 2.45) is 0 Å². The molecule has 7 rings (SSSR count). The quantitative estimate of drug-likeness (QED) is 0.102. The van der Waals surface area contributed by atoms with E-state index in [4.69, 9.17) is 0 Å². The first-order chi connectivity index (χ1) is 28.4. The van der Waals surface area contributed by atoms with Gasteiger partial charge in [-0.25, -0.2) is 0 Å². The van der Waals surface area contributed by atoms with E-state index in [1.807, 2.05) is 0 Å². The zero-order valence-corrected chi connectivity index (χ0v) is 35.5. The predicted molar refractivity (Wildman–Crippen MR) is 253 cm³/mol. The number of rotatable bonds is 16. The minimum atomic E-state index is 0.964. The summed E-state index contributed by atoms with van der Waals surface area (Å²) in [7, 11) is 0. The molecule has 0 amide bonds. The third-order valence-electron chi connectivity index (χ3n) is 11.7. The molecule has 7 aromatic rings. The fourth-order valence-electron chi connectivity index (χ4n) is 8.40. The highest BCUT2D eigenvalue weighted by Gasteiger charge is 2.20. The molecule has 0 unspecified atom stereocenters. The van der Waals surface area contributed by atoms with Crippen molar-refractivity contribution >= 4 is 22.7 Å². The van der Waals surface area contributed by atoms with E-state index in [1.54, 1.807) is 0 Å². The summed E-state index contributed by atoms with van der Waals surface area (Å²) in [6.07, 6.45) is 9.07. The monoisotopic (exact) mass is 760 g/mol. The molecule has 58 heavy (non-hydrogen) atoms. The topological polar surface area (TPSA) is 24.1 Å². The molecule has 0 bridgehead atoms. The summed E-state index contributed by atoms with van der Waals surface area (Å²) in [4.78, 5) is 0. The SMILES string of the molecule is CCCCc1ccc(Nc2ccc(-c3ccc(-c4ccc(Nc5ccc(CCCC)cc5)cc4-c4c(C)cccc4CC)c(-c4c(C)cccc4CC)c3)cc2)cc1. The average Bonchev–Trinajstić information content (AvgIpc) is 3.26. The maximum Gasteiger partial charge on any atom is 0.0390 e. The van der Waals surface area contributed by atoms with E-state index in [0.29, 0.717) is 0 Å². The lowest BCUT2D eigenvalue weighted by molar-refractivity contribution is 0.795. The Bertz CT molecular complexity index is 2440. The fourth-order valence-corrected chi connectivity index (χ4v) is 8.40. The van der Waals surface area contributed by atoms with Crippen LogP contribution in [0, 0.1) is 13.8 Å². The van der Waals surface area contributed by atoms with Crippen LogP contribution in [0.2, 0.25) is 0 Å². The van der Waals surface area contributed by atoms with Crippen LogP contribution >= 0.6 is 0 Å². The Kier molecular flexibility index (Phi) is 13.3. The Balaban J connectivity index is 1.31. The number of aryl methyl sites for hydroxylation is 6. The van der Waals surface area contributed by atoms with E-state index >= 15 is 0 Å². The van der Waals surface area contributed by atoms with Crippen LogP contribution < -0.4 is 10.6 Å². The van der Waals surface area contributed by atoms with Crippen LogP contribution in [-0.2, 0) is 25.7 Å². The van der Waals surface area contributed by atoms with E-state index in [9.17, 15) is 0 Å². The summed E-state index contributed by atoms with van der Waals surface area (Å²) >= 11 is 0. The molecule has 0 heterocycles. The van der Waals surface area contributed by atoms with Crippen LogP contribution in [0.1, 0.15) is 86.8 Å². The molecule has 7 aromatic carbocycles. The Hall–Kier alpha value is -5.86. The number of hydrogen-bond acceptors (Lipinski definition) is 2. The average molecular weight is 761 g/mol. The first-order valence-electron chi connectivity index (χ1n) is 21.7. The molecule has 0 saturated carbocycles. The summed E-state index contributed by atoms with van der Waals surface area (Å²) in [5.74, 6) is 0. The van der Waals surface area contributed by atoms with Crippen LogP contribution in [-0.4, -0.2) is 0 Å². The van der Waals surface area contributed by atoms with Gasteiger partial charge in [0.1, 0.15) is 0 Å². The first-order valence-corrected chi connectivity index (χ1v) is 21.7. The molecule has 0 fully saturated rings. The Morgan fingerprint density at radius 3 is 1.28 bits per heavy atom. The van der Waals surface area contributed by atoms with E-state index < -0.39 is 0 Å². The molecule has 2 N–H and O–H groups in total. The maximum absolute atomic E-state index is 3.76. The molecule has 0 spiro atoms. The Morgan fingerprint density at radius 1 is 0.379 bits per heavy atom. The Morgan fingerprint density at radius 2 is 0.793 bits per heavy atom. The van der Waals surface area contributed by atoms with E-state index in [0.717, 1.165) is 48.4 Å². The van der Waals surface area contributed by atoms with Gasteiger partial charge in [-0.3, -0.25) is 0 Å². The number of anilines is 4. The van der Waals surface area contributed by atoms with Crippen molar-refractivity contribution in [2.75, 3.05) is 10.6 Å². The van der Waals surface area contributed by atoms with E-state index in [1.165, 1.54) is 104 Å². The second kappa shape index (κ2) is 19.1. The van der Waals surface area contributed by atoms with E-state index in [-0.39, 0.29) is 0 Å². The smallest absolute Gasteiger partial charge is 0.0390 e. The first kappa shape index (κ1) is 40.3. The summed E-state index contributed by atoms with van der Waals surface area (Å²) in [6, 6.07) is 54.4. The lowest BCUT2D eigenvalue weighted by Gasteiger charge is -2.22. The second-order valence-corrected chi connectivity index (χ2v) is 15.9. The summed E-state index contributed by atoms with van der Waals surface area (Å²) in [5.41, 5.74) is 22.6. The van der Waals surface area contributed by atoms with Gasteiger partial charge in [0.2, 0.25) is 0 Å². The van der Waals surface area contributed by atoms with Crippen LogP contribution in [0.15, 0.2) is 146 Å². The molecule has 294 valence electrons. The second-order valence-electron chi connectivity index (χ2n) is 15.9. The highest BCUT2D eigenvalue weighted by Crippen LogP contribution is 2.45. The van der Waals surface area contributed by atoms with Gasteiger partial charge >= 0.3 is 0 Å². The van der Waals surface area contributed by atoms with Crippen LogP contribution in [0.25, 0.3) is 44.5 Å². The van der Waals surface area contributed by atoms with Gasteiger partial charge in [0.05, 0.1) is 0 Å². The van der Waals surface area contributed by atoms with Gasteiger partial charge in [0.15, 0.2) is 0 Å². The van der Waals surface area contributed by atoms with Gasteiger partial charge in [-0.1, -0.05) is 132 Å². The molecule has 0 radical (unpaired) electrons. The molecule has 0 atom stereocenters. The molecule has 2 heteroatoms. The molecule has 0 aliphatic carbocycles. The lowest BCUT2D eigenvalue weighted by Crippen LogP contribution is -1.99. The van der Waals surface area contributed by atoms with Crippen molar-refractivity contribution < 1.29 is 0 Å². The summed E-state index contributed by atoms with van der Waals surface area (Å²) in [5, 5.41) is 7.38. The van der Waals surface area contributed by atoms with Gasteiger partial charge in [0, 0.05) is 22.7 Å². The van der Waals surface area contributed by atoms with Crippen LogP contribution in [0.4, 0.5) is 22.7 Å². The summed E-state index contributed by atoms with van der Waals surface area (Å²) in [6.45, 7) is 13.6. The van der Waals surface area contributed by atoms with Gasteiger partial charge in [-0.2, -0.15) is 0 Å². The van der Waals surface area contributed by atoms with E-state index in [2.05, 4.69) is 198 Å². The highest BCUT2D eigenvalue weighted by atomic mass is 14.9. The van der Waals surface area contributed by atoms with Gasteiger partial charge in [-0.05, 0) is 185 Å². The van der Waals surface area contributed by atoms with Crippen molar-refractivity contribution in [3.63, 3.8) is 0 Å². The number of nitrogens with one attached hydrogen (secondary N) is 2. The Labute approximate surface area is 348 Å². The molecule has 0 aliphatic heterocycles. The van der Waals surface area contributed by atoms with Crippen molar-refractivity contribution in [1.29, 1.82) is 0 Å². The molecule has 0 aliphatic rings. The normalized spacial score (nSPS) is 11.1. The van der Waals surface area contributed by atoms with Crippen LogP contribution in [0.3, 0.4) is 0 Å². The van der Waals surface area contributed by atoms with Gasteiger partial charge < -0.3 is 10.6 Å². The predicted octanol–water partition coefficient (Wildman–Crippen LogP) is 16.3. The molecule has 2 nitrogen and oxygen atoms in total. The van der Waals surface area contributed by atoms with Crippen molar-refractivity contribution in [3.05, 3.63) is 179 Å². The standard InChI is InChI=1S/C56H60N2/c1-7-11-17-41-21-28-47(29-22-41)57-49-32-25-45(26-33-49)46-27-35-51(53(37-46)55-39(5)15-13-19-43(55)9-3)52-36-34-50(58-48-30-23-42(24-31-48)18-12-8-2)38-54(52)56-40(6)16-14-20-44(56)10-4/h13-16,19-38,57-58H,7-12,17-18H2,1-6H3. The van der Waals surface area contributed by atoms with Crippen molar-refractivity contribution in [3.8, 4) is 44.5 Å². The largest absolute Gasteiger partial charge is 0.356 e. The maximum atomic E-state index is 3.76. The third-order valence-corrected chi connectivity index (χ3v) is 11.7. The molecule has 0 aromatic heterocycles. The number of hydrogen-bond donors (Lipinski definition) is 2. The van der Waals surface area contributed by atoms with Gasteiger partial charge in [0.25, 0.3) is 0 Å². The minimum Gasteiger partial charge on any atom is -0.356 e. The molecular formula is C56H60N2. The number of benzene rings is 7. The zero-order valence-electron chi connectivity index (χ0n) is 35.5.